The minimum atomic E-state index is -0.612. The van der Waals surface area contributed by atoms with Crippen molar-refractivity contribution in [1.29, 1.82) is 0 Å². The molecule has 0 atom stereocenters. The maximum atomic E-state index is 11.7. The molecule has 104 valence electrons. The largest absolute Gasteiger partial charge is 0.409 e. The van der Waals surface area contributed by atoms with Gasteiger partial charge in [0.15, 0.2) is 0 Å². The van der Waals surface area contributed by atoms with Gasteiger partial charge in [0.05, 0.1) is 0 Å². The van der Waals surface area contributed by atoms with Crippen molar-refractivity contribution in [1.82, 2.24) is 5.32 Å². The molecular formula is C13H20N4O2. The van der Waals surface area contributed by atoms with Crippen LogP contribution in [0.15, 0.2) is 29.4 Å². The highest BCUT2D eigenvalue weighted by Crippen LogP contribution is 2.14. The summed E-state index contributed by atoms with van der Waals surface area (Å²) in [4.78, 5) is 11.7. The zero-order valence-corrected chi connectivity index (χ0v) is 11.4. The van der Waals surface area contributed by atoms with E-state index < -0.39 is 5.41 Å². The van der Waals surface area contributed by atoms with Crippen molar-refractivity contribution >= 4 is 17.6 Å². The molecule has 5 N–H and O–H groups in total. The van der Waals surface area contributed by atoms with Crippen LogP contribution in [-0.4, -0.2) is 23.6 Å². The van der Waals surface area contributed by atoms with Crippen molar-refractivity contribution in [3.63, 3.8) is 0 Å². The van der Waals surface area contributed by atoms with Crippen molar-refractivity contribution in [3.8, 4) is 0 Å². The number of nitrogens with zero attached hydrogens (tertiary/aromatic N) is 1. The summed E-state index contributed by atoms with van der Waals surface area (Å²) in [6, 6.07) is 7.16. The van der Waals surface area contributed by atoms with Crippen molar-refractivity contribution in [2.24, 2.45) is 16.3 Å². The number of nitrogens with two attached hydrogens (primary N) is 1. The third-order valence-corrected chi connectivity index (χ3v) is 2.77. The molecule has 0 bridgehead atoms. The molecule has 19 heavy (non-hydrogen) atoms. The topological polar surface area (TPSA) is 99.7 Å². The van der Waals surface area contributed by atoms with Gasteiger partial charge in [-0.1, -0.05) is 31.1 Å². The van der Waals surface area contributed by atoms with E-state index in [9.17, 15) is 4.79 Å². The predicted octanol–water partition coefficient (Wildman–Crippen LogP) is 1.89. The number of oxime groups is 1. The van der Waals surface area contributed by atoms with Crippen LogP contribution < -0.4 is 16.4 Å². The van der Waals surface area contributed by atoms with E-state index in [1.807, 2.05) is 25.1 Å². The first-order valence-electron chi connectivity index (χ1n) is 5.94. The number of amidine groups is 1. The second kappa shape index (κ2) is 6.08. The Hall–Kier alpha value is -2.24. The fraction of sp³-hybridized carbons (Fsp3) is 0.385. The van der Waals surface area contributed by atoms with Crippen LogP contribution in [0, 0.1) is 12.3 Å². The van der Waals surface area contributed by atoms with Gasteiger partial charge in [0.2, 0.25) is 0 Å². The van der Waals surface area contributed by atoms with E-state index in [-0.39, 0.29) is 18.4 Å². The lowest BCUT2D eigenvalue weighted by Gasteiger charge is -2.23. The molecule has 0 aliphatic carbocycles. The van der Waals surface area contributed by atoms with Gasteiger partial charge in [-0.3, -0.25) is 0 Å². The van der Waals surface area contributed by atoms with Crippen molar-refractivity contribution in [3.05, 3.63) is 29.8 Å². The number of nitrogens with one attached hydrogen (secondary N) is 2. The number of carbonyl (C=O) groups is 1. The molecule has 2 amide bonds. The van der Waals surface area contributed by atoms with Gasteiger partial charge in [-0.05, 0) is 24.6 Å². The average Bonchev–Trinajstić information content (AvgIpc) is 2.35. The molecule has 0 aliphatic rings. The minimum Gasteiger partial charge on any atom is -0.409 e. The second-order valence-corrected chi connectivity index (χ2v) is 5.05. The van der Waals surface area contributed by atoms with Crippen molar-refractivity contribution in [2.45, 2.75) is 20.8 Å². The van der Waals surface area contributed by atoms with Gasteiger partial charge in [0.25, 0.3) is 0 Å². The molecule has 6 heteroatoms. The maximum Gasteiger partial charge on any atom is 0.319 e. The smallest absolute Gasteiger partial charge is 0.319 e. The van der Waals surface area contributed by atoms with E-state index in [0.29, 0.717) is 0 Å². The molecule has 0 saturated carbocycles. The molecule has 6 nitrogen and oxygen atoms in total. The average molecular weight is 264 g/mol. The lowest BCUT2D eigenvalue weighted by Crippen LogP contribution is -2.43. The molecule has 0 radical (unpaired) electrons. The van der Waals surface area contributed by atoms with Gasteiger partial charge in [-0.25, -0.2) is 4.79 Å². The highest BCUT2D eigenvalue weighted by Gasteiger charge is 2.24. The zero-order valence-electron chi connectivity index (χ0n) is 11.4. The summed E-state index contributed by atoms with van der Waals surface area (Å²) in [7, 11) is 0. The molecule has 0 saturated heterocycles. The fourth-order valence-electron chi connectivity index (χ4n) is 1.43. The molecule has 0 aromatic heterocycles. The Morgan fingerprint density at radius 1 is 1.47 bits per heavy atom. The Bertz CT molecular complexity index is 483. The number of urea groups is 1. The number of benzene rings is 1. The highest BCUT2D eigenvalue weighted by atomic mass is 16.4. The first-order valence-corrected chi connectivity index (χ1v) is 5.94. The normalized spacial score (nSPS) is 12.1. The van der Waals surface area contributed by atoms with Crippen LogP contribution in [0.5, 0.6) is 0 Å². The quantitative estimate of drug-likeness (QED) is 0.289. The summed E-state index contributed by atoms with van der Waals surface area (Å²) in [6.45, 7) is 5.76. The summed E-state index contributed by atoms with van der Waals surface area (Å²) in [5, 5.41) is 17.0. The SMILES string of the molecule is Cc1cccc(NC(=O)NCC(C)(C)/C(N)=N/O)c1. The zero-order chi connectivity index (χ0) is 14.5. The summed E-state index contributed by atoms with van der Waals surface area (Å²) in [5.74, 6) is 0.0726. The Balaban J connectivity index is 2.53. The summed E-state index contributed by atoms with van der Waals surface area (Å²) in [5.41, 5.74) is 6.71. The summed E-state index contributed by atoms with van der Waals surface area (Å²) < 4.78 is 0. The Labute approximate surface area is 112 Å². The van der Waals surface area contributed by atoms with Gasteiger partial charge < -0.3 is 21.6 Å². The van der Waals surface area contributed by atoms with Crippen LogP contribution in [0.1, 0.15) is 19.4 Å². The first kappa shape index (κ1) is 14.8. The lowest BCUT2D eigenvalue weighted by atomic mass is 9.92. The monoisotopic (exact) mass is 264 g/mol. The predicted molar refractivity (Wildman–Crippen MR) is 75.4 cm³/mol. The maximum absolute atomic E-state index is 11.7. The third-order valence-electron chi connectivity index (χ3n) is 2.77. The first-order chi connectivity index (χ1) is 8.85. The van der Waals surface area contributed by atoms with E-state index in [4.69, 9.17) is 10.9 Å². The van der Waals surface area contributed by atoms with Crippen LogP contribution >= 0.6 is 0 Å². The van der Waals surface area contributed by atoms with Gasteiger partial charge in [-0.2, -0.15) is 0 Å². The van der Waals surface area contributed by atoms with Crippen LogP contribution in [0.3, 0.4) is 0 Å². The number of hydrogen-bond acceptors (Lipinski definition) is 3. The van der Waals surface area contributed by atoms with E-state index in [1.54, 1.807) is 19.9 Å². The standard InChI is InChI=1S/C13H20N4O2/c1-9-5-4-6-10(7-9)16-12(18)15-8-13(2,3)11(14)17-19/h4-7,19H,8H2,1-3H3,(H2,14,17)(H2,15,16,18). The van der Waals surface area contributed by atoms with Crippen LogP contribution in [0.25, 0.3) is 0 Å². The van der Waals surface area contributed by atoms with Gasteiger partial charge in [0.1, 0.15) is 5.84 Å². The molecule has 0 aliphatic heterocycles. The number of amides is 2. The van der Waals surface area contributed by atoms with Crippen LogP contribution in [0.2, 0.25) is 0 Å². The fourth-order valence-corrected chi connectivity index (χ4v) is 1.43. The lowest BCUT2D eigenvalue weighted by molar-refractivity contribution is 0.248. The Kier molecular flexibility index (Phi) is 4.74. The molecule has 0 unspecified atom stereocenters. The summed E-state index contributed by atoms with van der Waals surface area (Å²) >= 11 is 0. The molecule has 1 rings (SSSR count). The highest BCUT2D eigenvalue weighted by molar-refractivity contribution is 5.90. The second-order valence-electron chi connectivity index (χ2n) is 5.05. The number of aryl methyl sites for hydroxylation is 1. The van der Waals surface area contributed by atoms with E-state index in [2.05, 4.69) is 15.8 Å². The number of hydrogen-bond donors (Lipinski definition) is 4. The summed E-state index contributed by atoms with van der Waals surface area (Å²) in [6.07, 6.45) is 0. The molecule has 0 fully saturated rings. The van der Waals surface area contributed by atoms with Crippen molar-refractivity contribution < 1.29 is 10.0 Å². The Morgan fingerprint density at radius 2 is 2.16 bits per heavy atom. The molecule has 1 aromatic rings. The third kappa shape index (κ3) is 4.50. The minimum absolute atomic E-state index is 0.0726. The van der Waals surface area contributed by atoms with Gasteiger partial charge in [-0.15, -0.1) is 0 Å². The van der Waals surface area contributed by atoms with Crippen molar-refractivity contribution in [2.75, 3.05) is 11.9 Å². The molecular weight excluding hydrogens is 244 g/mol. The van der Waals surface area contributed by atoms with Crippen LogP contribution in [0.4, 0.5) is 10.5 Å². The number of rotatable bonds is 4. The van der Waals surface area contributed by atoms with Gasteiger partial charge >= 0.3 is 6.03 Å². The van der Waals surface area contributed by atoms with E-state index in [1.165, 1.54) is 0 Å². The molecule has 0 heterocycles. The van der Waals surface area contributed by atoms with E-state index in [0.717, 1.165) is 11.3 Å². The Morgan fingerprint density at radius 3 is 2.74 bits per heavy atom. The van der Waals surface area contributed by atoms with Gasteiger partial charge in [0, 0.05) is 17.6 Å². The van der Waals surface area contributed by atoms with E-state index >= 15 is 0 Å². The number of anilines is 1. The molecule has 1 aromatic carbocycles. The van der Waals surface area contributed by atoms with Crippen LogP contribution in [-0.2, 0) is 0 Å². The molecule has 0 spiro atoms. The number of carbonyl (C=O) groups excluding carboxylic acids is 1.